The third kappa shape index (κ3) is 2.19. The number of hydrogen-bond acceptors (Lipinski definition) is 4. The van der Waals surface area contributed by atoms with Crippen molar-refractivity contribution in [3.8, 4) is 0 Å². The van der Waals surface area contributed by atoms with Crippen LogP contribution < -0.4 is 5.56 Å². The van der Waals surface area contributed by atoms with Gasteiger partial charge in [0.1, 0.15) is 18.3 Å². The fourth-order valence-electron chi connectivity index (χ4n) is 2.57. The van der Waals surface area contributed by atoms with Gasteiger partial charge >= 0.3 is 0 Å². The summed E-state index contributed by atoms with van der Waals surface area (Å²) in [5, 5.41) is 4.46. The Morgan fingerprint density at radius 3 is 2.80 bits per heavy atom. The summed E-state index contributed by atoms with van der Waals surface area (Å²) in [6.07, 6.45) is 6.18. The Hall–Kier alpha value is -2.18. The molecule has 0 saturated carbocycles. The molecule has 20 heavy (non-hydrogen) atoms. The third-order valence-corrected chi connectivity index (χ3v) is 3.73. The van der Waals surface area contributed by atoms with Gasteiger partial charge in [0.2, 0.25) is 5.91 Å². The lowest BCUT2D eigenvalue weighted by molar-refractivity contribution is -0.132. The van der Waals surface area contributed by atoms with Crippen LogP contribution in [0.2, 0.25) is 0 Å². The molecule has 7 heteroatoms. The van der Waals surface area contributed by atoms with Crippen LogP contribution >= 0.6 is 0 Å². The van der Waals surface area contributed by atoms with Gasteiger partial charge < -0.3 is 4.90 Å². The standard InChI is InChI=1S/C13H17N5O2/c1-16-12-10(7-15-16)13(20)18(9-14-12)8-11(19)17-5-3-2-4-6-17/h7,9H,2-6,8H2,1H3. The summed E-state index contributed by atoms with van der Waals surface area (Å²) >= 11 is 0. The summed E-state index contributed by atoms with van der Waals surface area (Å²) in [4.78, 5) is 30.5. The highest BCUT2D eigenvalue weighted by Gasteiger charge is 2.18. The maximum Gasteiger partial charge on any atom is 0.264 e. The number of carbonyl (C=O) groups is 1. The van der Waals surface area contributed by atoms with E-state index in [0.717, 1.165) is 25.9 Å². The van der Waals surface area contributed by atoms with Crippen LogP contribution in [0.5, 0.6) is 0 Å². The lowest BCUT2D eigenvalue weighted by Crippen LogP contribution is -2.39. The van der Waals surface area contributed by atoms with E-state index in [1.807, 2.05) is 4.90 Å². The minimum absolute atomic E-state index is 0.0168. The van der Waals surface area contributed by atoms with E-state index in [1.165, 1.54) is 23.5 Å². The van der Waals surface area contributed by atoms with Gasteiger partial charge in [0.25, 0.3) is 5.56 Å². The average Bonchev–Trinajstić information content (AvgIpc) is 2.85. The van der Waals surface area contributed by atoms with Crippen molar-refractivity contribution in [2.24, 2.45) is 7.05 Å². The van der Waals surface area contributed by atoms with Crippen molar-refractivity contribution in [2.45, 2.75) is 25.8 Å². The summed E-state index contributed by atoms with van der Waals surface area (Å²) in [5.74, 6) is -0.0168. The summed E-state index contributed by atoms with van der Waals surface area (Å²) in [7, 11) is 1.73. The molecule has 0 aliphatic carbocycles. The maximum atomic E-state index is 12.3. The normalized spacial score (nSPS) is 15.8. The highest BCUT2D eigenvalue weighted by atomic mass is 16.2. The highest BCUT2D eigenvalue weighted by molar-refractivity contribution is 5.77. The van der Waals surface area contributed by atoms with E-state index in [2.05, 4.69) is 10.1 Å². The van der Waals surface area contributed by atoms with Crippen molar-refractivity contribution < 1.29 is 4.79 Å². The number of nitrogens with zero attached hydrogens (tertiary/aromatic N) is 5. The maximum absolute atomic E-state index is 12.3. The molecule has 1 fully saturated rings. The largest absolute Gasteiger partial charge is 0.341 e. The summed E-state index contributed by atoms with van der Waals surface area (Å²) in [6.45, 7) is 1.63. The second-order valence-corrected chi connectivity index (χ2v) is 5.12. The van der Waals surface area contributed by atoms with Gasteiger partial charge in [0.05, 0.1) is 6.20 Å². The molecule has 3 heterocycles. The predicted octanol–water partition coefficient (Wildman–Crippen LogP) is 0.142. The van der Waals surface area contributed by atoms with Crippen LogP contribution in [0, 0.1) is 0 Å². The Bertz CT molecular complexity index is 696. The zero-order valence-electron chi connectivity index (χ0n) is 11.4. The van der Waals surface area contributed by atoms with Crippen molar-refractivity contribution in [2.75, 3.05) is 13.1 Å². The number of fused-ring (bicyclic) bond motifs is 1. The van der Waals surface area contributed by atoms with E-state index >= 15 is 0 Å². The Labute approximate surface area is 115 Å². The molecule has 7 nitrogen and oxygen atoms in total. The molecule has 1 saturated heterocycles. The van der Waals surface area contributed by atoms with E-state index < -0.39 is 0 Å². The fourth-order valence-corrected chi connectivity index (χ4v) is 2.57. The zero-order valence-corrected chi connectivity index (χ0v) is 11.4. The summed E-state index contributed by atoms with van der Waals surface area (Å²) in [5.41, 5.74) is 0.324. The first-order valence-electron chi connectivity index (χ1n) is 6.82. The number of carbonyl (C=O) groups excluding carboxylic acids is 1. The molecule has 0 N–H and O–H groups in total. The topological polar surface area (TPSA) is 73.0 Å². The van der Waals surface area contributed by atoms with Gasteiger partial charge in [-0.25, -0.2) is 4.98 Å². The van der Waals surface area contributed by atoms with Crippen LogP contribution in [-0.2, 0) is 18.4 Å². The Kier molecular flexibility index (Phi) is 3.25. The number of aryl methyl sites for hydroxylation is 1. The molecule has 106 valence electrons. The van der Waals surface area contributed by atoms with Gasteiger partial charge in [-0.2, -0.15) is 5.10 Å². The highest BCUT2D eigenvalue weighted by Crippen LogP contribution is 2.09. The van der Waals surface area contributed by atoms with Crippen molar-refractivity contribution in [3.63, 3.8) is 0 Å². The molecule has 0 aromatic carbocycles. The molecule has 1 aliphatic heterocycles. The average molecular weight is 275 g/mol. The number of hydrogen-bond donors (Lipinski definition) is 0. The van der Waals surface area contributed by atoms with Gasteiger partial charge in [0, 0.05) is 20.1 Å². The molecular formula is C13H17N5O2. The first-order chi connectivity index (χ1) is 9.66. The number of amides is 1. The first-order valence-corrected chi connectivity index (χ1v) is 6.82. The number of piperidine rings is 1. The molecule has 2 aromatic heterocycles. The van der Waals surface area contributed by atoms with Crippen molar-refractivity contribution in [3.05, 3.63) is 22.9 Å². The number of aromatic nitrogens is 4. The van der Waals surface area contributed by atoms with Crippen molar-refractivity contribution in [1.82, 2.24) is 24.2 Å². The predicted molar refractivity (Wildman–Crippen MR) is 73.2 cm³/mol. The monoisotopic (exact) mass is 275 g/mol. The minimum atomic E-state index is -0.214. The van der Waals surface area contributed by atoms with E-state index in [0.29, 0.717) is 11.0 Å². The molecule has 0 atom stereocenters. The molecular weight excluding hydrogens is 258 g/mol. The molecule has 0 spiro atoms. The Morgan fingerprint density at radius 1 is 1.30 bits per heavy atom. The van der Waals surface area contributed by atoms with Gasteiger partial charge in [-0.1, -0.05) is 0 Å². The Morgan fingerprint density at radius 2 is 2.05 bits per heavy atom. The SMILES string of the molecule is Cn1ncc2c(=O)n(CC(=O)N3CCCCC3)cnc21. The molecule has 1 amide bonds. The molecule has 0 unspecified atom stereocenters. The minimum Gasteiger partial charge on any atom is -0.341 e. The van der Waals surface area contributed by atoms with E-state index in [1.54, 1.807) is 11.7 Å². The summed E-state index contributed by atoms with van der Waals surface area (Å²) < 4.78 is 2.91. The lowest BCUT2D eigenvalue weighted by atomic mass is 10.1. The second-order valence-electron chi connectivity index (χ2n) is 5.12. The van der Waals surface area contributed by atoms with Gasteiger partial charge in [0.15, 0.2) is 5.65 Å². The van der Waals surface area contributed by atoms with Crippen LogP contribution in [0.15, 0.2) is 17.3 Å². The number of likely N-dealkylation sites (tertiary alicyclic amines) is 1. The molecule has 1 aliphatic rings. The van der Waals surface area contributed by atoms with Crippen molar-refractivity contribution >= 4 is 16.9 Å². The number of rotatable bonds is 2. The lowest BCUT2D eigenvalue weighted by Gasteiger charge is -2.26. The van der Waals surface area contributed by atoms with Gasteiger partial charge in [-0.15, -0.1) is 0 Å². The third-order valence-electron chi connectivity index (χ3n) is 3.73. The van der Waals surface area contributed by atoms with Crippen LogP contribution in [0.1, 0.15) is 19.3 Å². The quantitative estimate of drug-likeness (QED) is 0.781. The molecule has 2 aromatic rings. The van der Waals surface area contributed by atoms with E-state index in [9.17, 15) is 9.59 Å². The van der Waals surface area contributed by atoms with E-state index in [4.69, 9.17) is 0 Å². The van der Waals surface area contributed by atoms with Crippen molar-refractivity contribution in [1.29, 1.82) is 0 Å². The fraction of sp³-hybridized carbons (Fsp3) is 0.538. The van der Waals surface area contributed by atoms with Crippen LogP contribution in [0.3, 0.4) is 0 Å². The second kappa shape index (κ2) is 5.07. The smallest absolute Gasteiger partial charge is 0.264 e. The first kappa shape index (κ1) is 12.8. The van der Waals surface area contributed by atoms with Crippen LogP contribution in [0.4, 0.5) is 0 Å². The molecule has 3 rings (SSSR count). The Balaban J connectivity index is 1.85. The van der Waals surface area contributed by atoms with Gasteiger partial charge in [-0.3, -0.25) is 18.8 Å². The van der Waals surface area contributed by atoms with Crippen LogP contribution in [0.25, 0.3) is 11.0 Å². The molecule has 0 radical (unpaired) electrons. The zero-order chi connectivity index (χ0) is 14.1. The molecule has 0 bridgehead atoms. The summed E-state index contributed by atoms with van der Waals surface area (Å²) in [6, 6.07) is 0. The van der Waals surface area contributed by atoms with Gasteiger partial charge in [-0.05, 0) is 19.3 Å². The van der Waals surface area contributed by atoms with Crippen LogP contribution in [-0.4, -0.2) is 43.2 Å². The van der Waals surface area contributed by atoms with E-state index in [-0.39, 0.29) is 18.0 Å².